The van der Waals surface area contributed by atoms with Gasteiger partial charge < -0.3 is 10.2 Å². The Kier molecular flexibility index (Phi) is 5.66. The van der Waals surface area contributed by atoms with E-state index in [9.17, 15) is 23.4 Å². The number of rotatable bonds is 5. The molecule has 0 atom stereocenters. The first kappa shape index (κ1) is 19.8. The van der Waals surface area contributed by atoms with Crippen molar-refractivity contribution in [2.75, 3.05) is 13.1 Å². The summed E-state index contributed by atoms with van der Waals surface area (Å²) in [4.78, 5) is 12.5. The largest absolute Gasteiger partial charge is 0.508 e. The quantitative estimate of drug-likeness (QED) is 0.521. The molecule has 2 aromatic carbocycles. The molecule has 0 spiro atoms. The van der Waals surface area contributed by atoms with Gasteiger partial charge in [0, 0.05) is 30.3 Å². The smallest absolute Gasteiger partial charge is 0.271 e. The van der Waals surface area contributed by atoms with E-state index in [1.165, 1.54) is 46.8 Å². The standard InChI is InChI=1S/C19H21N3O5S/c1-13(17-8-7-15(23)12-18(17)24)20-21-19(25)14-5-4-6-16(11-14)28(26,27)22-9-2-3-10-22/h4-8,11-12,23-24H,2-3,9-10H2,1H3,(H,21,25)/b20-13+. The molecule has 3 N–H and O–H groups in total. The van der Waals surface area contributed by atoms with Crippen LogP contribution in [0, 0.1) is 0 Å². The fourth-order valence-corrected chi connectivity index (χ4v) is 4.52. The van der Waals surface area contributed by atoms with E-state index in [4.69, 9.17) is 0 Å². The average molecular weight is 403 g/mol. The van der Waals surface area contributed by atoms with E-state index in [0.717, 1.165) is 12.8 Å². The lowest BCUT2D eigenvalue weighted by Crippen LogP contribution is -2.28. The molecule has 2 aromatic rings. The number of hydrazone groups is 1. The Morgan fingerprint density at radius 1 is 1.11 bits per heavy atom. The molecule has 9 heteroatoms. The Morgan fingerprint density at radius 2 is 1.82 bits per heavy atom. The highest BCUT2D eigenvalue weighted by atomic mass is 32.2. The Balaban J connectivity index is 1.78. The summed E-state index contributed by atoms with van der Waals surface area (Å²) in [5.74, 6) is -0.834. The van der Waals surface area contributed by atoms with Gasteiger partial charge in [-0.15, -0.1) is 0 Å². The summed E-state index contributed by atoms with van der Waals surface area (Å²) in [6.45, 7) is 2.55. The molecular formula is C19H21N3O5S. The monoisotopic (exact) mass is 403 g/mol. The SMILES string of the molecule is C/C(=N\NC(=O)c1cccc(S(=O)(=O)N2CCCC2)c1)c1ccc(O)cc1O. The number of sulfonamides is 1. The second kappa shape index (κ2) is 7.99. The normalized spacial score (nSPS) is 15.5. The van der Waals surface area contributed by atoms with Gasteiger partial charge in [0.15, 0.2) is 0 Å². The van der Waals surface area contributed by atoms with Gasteiger partial charge in [0.25, 0.3) is 5.91 Å². The van der Waals surface area contributed by atoms with Crippen LogP contribution in [0.2, 0.25) is 0 Å². The zero-order chi connectivity index (χ0) is 20.3. The summed E-state index contributed by atoms with van der Waals surface area (Å²) in [6, 6.07) is 9.84. The number of nitrogens with one attached hydrogen (secondary N) is 1. The molecule has 148 valence electrons. The minimum atomic E-state index is -3.62. The molecule has 0 bridgehead atoms. The van der Waals surface area contributed by atoms with Gasteiger partial charge in [-0.2, -0.15) is 9.41 Å². The number of hydrogen-bond donors (Lipinski definition) is 3. The fourth-order valence-electron chi connectivity index (χ4n) is 2.96. The van der Waals surface area contributed by atoms with Gasteiger partial charge in [-0.1, -0.05) is 6.07 Å². The van der Waals surface area contributed by atoms with Crippen molar-refractivity contribution in [2.24, 2.45) is 5.10 Å². The number of hydrogen-bond acceptors (Lipinski definition) is 6. The molecule has 0 saturated carbocycles. The molecule has 1 fully saturated rings. The van der Waals surface area contributed by atoms with E-state index < -0.39 is 15.9 Å². The Hall–Kier alpha value is -2.91. The van der Waals surface area contributed by atoms with Crippen LogP contribution in [0.3, 0.4) is 0 Å². The third-order valence-corrected chi connectivity index (χ3v) is 6.39. The number of phenols is 2. The summed E-state index contributed by atoms with van der Waals surface area (Å²) in [5, 5.41) is 23.1. The lowest BCUT2D eigenvalue weighted by atomic mass is 10.1. The molecule has 1 amide bonds. The van der Waals surface area contributed by atoms with Gasteiger partial charge in [0.1, 0.15) is 11.5 Å². The molecule has 1 aliphatic heterocycles. The zero-order valence-corrected chi connectivity index (χ0v) is 16.1. The van der Waals surface area contributed by atoms with E-state index in [1.54, 1.807) is 6.92 Å². The minimum Gasteiger partial charge on any atom is -0.508 e. The van der Waals surface area contributed by atoms with Crippen LogP contribution in [0.15, 0.2) is 52.5 Å². The van der Waals surface area contributed by atoms with Crippen molar-refractivity contribution in [3.05, 3.63) is 53.6 Å². The number of amides is 1. The van der Waals surface area contributed by atoms with E-state index in [0.29, 0.717) is 24.4 Å². The van der Waals surface area contributed by atoms with Gasteiger partial charge >= 0.3 is 0 Å². The fraction of sp³-hybridized carbons (Fsp3) is 0.263. The van der Waals surface area contributed by atoms with E-state index in [-0.39, 0.29) is 22.0 Å². The van der Waals surface area contributed by atoms with Crippen LogP contribution in [0.4, 0.5) is 0 Å². The number of aromatic hydroxyl groups is 2. The molecule has 8 nitrogen and oxygen atoms in total. The predicted molar refractivity (Wildman–Crippen MR) is 104 cm³/mol. The van der Waals surface area contributed by atoms with Crippen molar-refractivity contribution in [3.63, 3.8) is 0 Å². The van der Waals surface area contributed by atoms with Gasteiger partial charge in [0.2, 0.25) is 10.0 Å². The van der Waals surface area contributed by atoms with Crippen molar-refractivity contribution in [2.45, 2.75) is 24.7 Å². The van der Waals surface area contributed by atoms with Crippen molar-refractivity contribution in [1.82, 2.24) is 9.73 Å². The topological polar surface area (TPSA) is 119 Å². The highest BCUT2D eigenvalue weighted by molar-refractivity contribution is 7.89. The summed E-state index contributed by atoms with van der Waals surface area (Å²) in [6.07, 6.45) is 1.66. The predicted octanol–water partition coefficient (Wildman–Crippen LogP) is 2.04. The van der Waals surface area contributed by atoms with Gasteiger partial charge in [-0.25, -0.2) is 13.8 Å². The zero-order valence-electron chi connectivity index (χ0n) is 15.3. The maximum Gasteiger partial charge on any atom is 0.271 e. The van der Waals surface area contributed by atoms with Crippen LogP contribution in [-0.2, 0) is 10.0 Å². The second-order valence-corrected chi connectivity index (χ2v) is 8.42. The molecule has 1 aliphatic rings. The Morgan fingerprint density at radius 3 is 2.50 bits per heavy atom. The number of carbonyl (C=O) groups is 1. The lowest BCUT2D eigenvalue weighted by molar-refractivity contribution is 0.0954. The van der Waals surface area contributed by atoms with Crippen LogP contribution in [-0.4, -0.2) is 47.6 Å². The van der Waals surface area contributed by atoms with Crippen molar-refractivity contribution in [1.29, 1.82) is 0 Å². The van der Waals surface area contributed by atoms with Crippen LogP contribution in [0.5, 0.6) is 11.5 Å². The van der Waals surface area contributed by atoms with E-state index in [2.05, 4.69) is 10.5 Å². The van der Waals surface area contributed by atoms with Crippen molar-refractivity contribution in [3.8, 4) is 11.5 Å². The summed E-state index contributed by atoms with van der Waals surface area (Å²) in [7, 11) is -3.62. The molecule has 0 aromatic heterocycles. The summed E-state index contributed by atoms with van der Waals surface area (Å²) in [5.41, 5.74) is 3.19. The van der Waals surface area contributed by atoms with Gasteiger partial charge in [-0.3, -0.25) is 4.79 Å². The highest BCUT2D eigenvalue weighted by Gasteiger charge is 2.27. The first-order chi connectivity index (χ1) is 13.3. The number of phenolic OH excluding ortho intramolecular Hbond substituents is 2. The van der Waals surface area contributed by atoms with Crippen LogP contribution >= 0.6 is 0 Å². The number of benzene rings is 2. The highest BCUT2D eigenvalue weighted by Crippen LogP contribution is 2.23. The van der Waals surface area contributed by atoms with Crippen LogP contribution in [0.25, 0.3) is 0 Å². The number of carbonyl (C=O) groups excluding carboxylic acids is 1. The molecule has 1 heterocycles. The first-order valence-electron chi connectivity index (χ1n) is 8.76. The molecule has 28 heavy (non-hydrogen) atoms. The summed E-state index contributed by atoms with van der Waals surface area (Å²) >= 11 is 0. The molecule has 1 saturated heterocycles. The molecule has 3 rings (SSSR count). The summed E-state index contributed by atoms with van der Waals surface area (Å²) < 4.78 is 26.7. The first-order valence-corrected chi connectivity index (χ1v) is 10.2. The Bertz CT molecular complexity index is 1030. The third-order valence-electron chi connectivity index (χ3n) is 4.50. The average Bonchev–Trinajstić information content (AvgIpc) is 3.21. The Labute approximate surface area is 163 Å². The lowest BCUT2D eigenvalue weighted by Gasteiger charge is -2.15. The van der Waals surface area contributed by atoms with E-state index >= 15 is 0 Å². The maximum atomic E-state index is 12.6. The van der Waals surface area contributed by atoms with Gasteiger partial charge in [-0.05, 0) is 50.1 Å². The van der Waals surface area contributed by atoms with Crippen molar-refractivity contribution >= 4 is 21.6 Å². The molecule has 0 radical (unpaired) electrons. The third kappa shape index (κ3) is 4.15. The molecule has 0 unspecified atom stereocenters. The molecular weight excluding hydrogens is 382 g/mol. The van der Waals surface area contributed by atoms with Gasteiger partial charge in [0.05, 0.1) is 10.6 Å². The number of nitrogens with zero attached hydrogens (tertiary/aromatic N) is 2. The van der Waals surface area contributed by atoms with Crippen LogP contribution < -0.4 is 5.43 Å². The van der Waals surface area contributed by atoms with Crippen LogP contribution in [0.1, 0.15) is 35.7 Å². The minimum absolute atomic E-state index is 0.0685. The van der Waals surface area contributed by atoms with Crippen molar-refractivity contribution < 1.29 is 23.4 Å². The maximum absolute atomic E-state index is 12.6. The van der Waals surface area contributed by atoms with E-state index in [1.807, 2.05) is 0 Å². The second-order valence-electron chi connectivity index (χ2n) is 6.48. The molecule has 0 aliphatic carbocycles.